The Morgan fingerprint density at radius 3 is 2.39 bits per heavy atom. The maximum atomic E-state index is 10.9. The zero-order chi connectivity index (χ0) is 13.0. The second-order valence-corrected chi connectivity index (χ2v) is 4.90. The number of rotatable bonds is 5. The van der Waals surface area contributed by atoms with Crippen LogP contribution in [0.2, 0.25) is 0 Å². The molecule has 0 atom stereocenters. The molecule has 4 heteroatoms. The molecular weight excluding hydrogens is 230 g/mol. The Kier molecular flexibility index (Phi) is 4.20. The molecule has 18 heavy (non-hydrogen) atoms. The number of nitrogens with zero attached hydrogens (tertiary/aromatic N) is 1. The van der Waals surface area contributed by atoms with Gasteiger partial charge in [0.15, 0.2) is 0 Å². The number of hydrogen-bond donors (Lipinski definition) is 2. The van der Waals surface area contributed by atoms with Crippen molar-refractivity contribution >= 4 is 5.97 Å². The molecule has 0 saturated heterocycles. The van der Waals surface area contributed by atoms with E-state index in [1.165, 1.54) is 12.8 Å². The van der Waals surface area contributed by atoms with E-state index in [0.29, 0.717) is 12.6 Å². The largest absolute Gasteiger partial charge is 0.508 e. The fraction of sp³-hybridized carbons (Fsp3) is 0.500. The molecule has 1 aliphatic carbocycles. The minimum absolute atomic E-state index is 0.0888. The number of carboxylic acids is 1. The zero-order valence-electron chi connectivity index (χ0n) is 10.4. The number of carbonyl (C=O) groups is 1. The Balaban J connectivity index is 2.03. The highest BCUT2D eigenvalue weighted by Gasteiger charge is 2.24. The van der Waals surface area contributed by atoms with Crippen LogP contribution in [-0.2, 0) is 11.3 Å². The minimum Gasteiger partial charge on any atom is -0.508 e. The second-order valence-electron chi connectivity index (χ2n) is 4.90. The minimum atomic E-state index is -0.777. The Hall–Kier alpha value is -1.55. The molecule has 0 spiro atoms. The summed E-state index contributed by atoms with van der Waals surface area (Å²) in [5.74, 6) is -0.537. The van der Waals surface area contributed by atoms with Crippen LogP contribution in [0.5, 0.6) is 5.75 Å². The Morgan fingerprint density at radius 2 is 1.83 bits per heavy atom. The topological polar surface area (TPSA) is 60.8 Å². The molecule has 0 aromatic heterocycles. The summed E-state index contributed by atoms with van der Waals surface area (Å²) >= 11 is 0. The quantitative estimate of drug-likeness (QED) is 0.840. The molecule has 1 aromatic rings. The van der Waals surface area contributed by atoms with Gasteiger partial charge in [-0.25, -0.2) is 0 Å². The smallest absolute Gasteiger partial charge is 0.317 e. The van der Waals surface area contributed by atoms with Crippen molar-refractivity contribution < 1.29 is 15.0 Å². The van der Waals surface area contributed by atoms with Crippen molar-refractivity contribution in [1.82, 2.24) is 4.90 Å². The average molecular weight is 249 g/mol. The summed E-state index contributed by atoms with van der Waals surface area (Å²) in [6.07, 6.45) is 4.56. The molecule has 4 nitrogen and oxygen atoms in total. The lowest BCUT2D eigenvalue weighted by Gasteiger charge is -2.27. The van der Waals surface area contributed by atoms with Crippen molar-refractivity contribution in [1.29, 1.82) is 0 Å². The van der Waals surface area contributed by atoms with Gasteiger partial charge in [0.25, 0.3) is 0 Å². The van der Waals surface area contributed by atoms with Gasteiger partial charge in [0.05, 0.1) is 6.54 Å². The van der Waals surface area contributed by atoms with E-state index in [4.69, 9.17) is 5.11 Å². The first-order chi connectivity index (χ1) is 8.65. The van der Waals surface area contributed by atoms with Crippen molar-refractivity contribution in [3.8, 4) is 5.75 Å². The van der Waals surface area contributed by atoms with Crippen LogP contribution in [0.3, 0.4) is 0 Å². The number of benzene rings is 1. The van der Waals surface area contributed by atoms with Crippen LogP contribution in [0.15, 0.2) is 24.3 Å². The van der Waals surface area contributed by atoms with Crippen LogP contribution < -0.4 is 0 Å². The molecule has 1 aliphatic rings. The van der Waals surface area contributed by atoms with Gasteiger partial charge in [-0.1, -0.05) is 25.0 Å². The number of carboxylic acid groups (broad SMARTS) is 1. The highest BCUT2D eigenvalue weighted by atomic mass is 16.4. The third-order valence-corrected chi connectivity index (χ3v) is 3.50. The van der Waals surface area contributed by atoms with Crippen LogP contribution in [0.4, 0.5) is 0 Å². The lowest BCUT2D eigenvalue weighted by atomic mass is 10.1. The van der Waals surface area contributed by atoms with Gasteiger partial charge in [-0.2, -0.15) is 0 Å². The second kappa shape index (κ2) is 5.87. The van der Waals surface area contributed by atoms with Crippen LogP contribution >= 0.6 is 0 Å². The molecule has 2 N–H and O–H groups in total. The molecule has 2 rings (SSSR count). The van der Waals surface area contributed by atoms with Gasteiger partial charge in [-0.3, -0.25) is 9.69 Å². The predicted octanol–water partition coefficient (Wildman–Crippen LogP) is 2.22. The Labute approximate surface area is 107 Å². The van der Waals surface area contributed by atoms with E-state index in [1.807, 2.05) is 17.0 Å². The van der Waals surface area contributed by atoms with Crippen molar-refractivity contribution in [3.63, 3.8) is 0 Å². The summed E-state index contributed by atoms with van der Waals surface area (Å²) in [6.45, 7) is 0.725. The Bertz CT molecular complexity index is 396. The summed E-state index contributed by atoms with van der Waals surface area (Å²) in [7, 11) is 0. The van der Waals surface area contributed by atoms with Crippen LogP contribution in [-0.4, -0.2) is 33.7 Å². The van der Waals surface area contributed by atoms with Gasteiger partial charge in [-0.15, -0.1) is 0 Å². The molecule has 0 unspecified atom stereocenters. The van der Waals surface area contributed by atoms with E-state index >= 15 is 0 Å². The molecule has 0 amide bonds. The van der Waals surface area contributed by atoms with Crippen molar-refractivity contribution in [2.45, 2.75) is 38.3 Å². The van der Waals surface area contributed by atoms with Crippen LogP contribution in [0, 0.1) is 0 Å². The summed E-state index contributed by atoms with van der Waals surface area (Å²) in [5.41, 5.74) is 1.04. The maximum absolute atomic E-state index is 10.9. The SMILES string of the molecule is O=C(O)CN(Cc1ccc(O)cc1)C1CCCC1. The van der Waals surface area contributed by atoms with E-state index in [2.05, 4.69) is 0 Å². The highest BCUT2D eigenvalue weighted by molar-refractivity contribution is 5.69. The molecule has 98 valence electrons. The van der Waals surface area contributed by atoms with Crippen molar-refractivity contribution in [3.05, 3.63) is 29.8 Å². The predicted molar refractivity (Wildman–Crippen MR) is 68.4 cm³/mol. The van der Waals surface area contributed by atoms with E-state index in [9.17, 15) is 9.90 Å². The third-order valence-electron chi connectivity index (χ3n) is 3.50. The number of phenolic OH excluding ortho intramolecular Hbond substituents is 1. The summed E-state index contributed by atoms with van der Waals surface area (Å²) < 4.78 is 0. The molecule has 0 radical (unpaired) electrons. The fourth-order valence-electron chi connectivity index (χ4n) is 2.59. The monoisotopic (exact) mass is 249 g/mol. The van der Waals surface area contributed by atoms with Crippen molar-refractivity contribution in [2.75, 3.05) is 6.54 Å². The zero-order valence-corrected chi connectivity index (χ0v) is 10.4. The third kappa shape index (κ3) is 3.47. The molecule has 0 heterocycles. The van der Waals surface area contributed by atoms with Gasteiger partial charge in [0.1, 0.15) is 5.75 Å². The van der Waals surface area contributed by atoms with E-state index < -0.39 is 5.97 Å². The first kappa shape index (κ1) is 12.9. The Morgan fingerprint density at radius 1 is 1.22 bits per heavy atom. The van der Waals surface area contributed by atoms with Gasteiger partial charge in [0.2, 0.25) is 0 Å². The average Bonchev–Trinajstić information content (AvgIpc) is 2.84. The molecule has 1 aromatic carbocycles. The van der Waals surface area contributed by atoms with Gasteiger partial charge < -0.3 is 10.2 Å². The van der Waals surface area contributed by atoms with E-state index in [0.717, 1.165) is 18.4 Å². The first-order valence-electron chi connectivity index (χ1n) is 6.39. The number of phenols is 1. The first-order valence-corrected chi connectivity index (χ1v) is 6.39. The maximum Gasteiger partial charge on any atom is 0.317 e. The molecule has 0 bridgehead atoms. The molecule has 1 fully saturated rings. The van der Waals surface area contributed by atoms with E-state index in [1.54, 1.807) is 12.1 Å². The molecule has 1 saturated carbocycles. The lowest BCUT2D eigenvalue weighted by molar-refractivity contribution is -0.139. The van der Waals surface area contributed by atoms with Gasteiger partial charge in [0, 0.05) is 12.6 Å². The molecule has 0 aliphatic heterocycles. The standard InChI is InChI=1S/C14H19NO3/c16-13-7-5-11(6-8-13)9-15(10-14(17)18)12-3-1-2-4-12/h5-8,12,16H,1-4,9-10H2,(H,17,18). The molecular formula is C14H19NO3. The number of hydrogen-bond acceptors (Lipinski definition) is 3. The number of aromatic hydroxyl groups is 1. The van der Waals surface area contributed by atoms with Crippen LogP contribution in [0.1, 0.15) is 31.2 Å². The highest BCUT2D eigenvalue weighted by Crippen LogP contribution is 2.25. The van der Waals surface area contributed by atoms with E-state index in [-0.39, 0.29) is 12.3 Å². The lowest BCUT2D eigenvalue weighted by Crippen LogP contribution is -2.36. The van der Waals surface area contributed by atoms with Crippen molar-refractivity contribution in [2.24, 2.45) is 0 Å². The van der Waals surface area contributed by atoms with Gasteiger partial charge in [-0.05, 0) is 30.5 Å². The van der Waals surface area contributed by atoms with Gasteiger partial charge >= 0.3 is 5.97 Å². The number of aliphatic carboxylic acids is 1. The summed E-state index contributed by atoms with van der Waals surface area (Å²) in [4.78, 5) is 13.0. The normalized spacial score (nSPS) is 16.3. The van der Waals surface area contributed by atoms with Crippen LogP contribution in [0.25, 0.3) is 0 Å². The fourth-order valence-corrected chi connectivity index (χ4v) is 2.59. The summed E-state index contributed by atoms with van der Waals surface area (Å²) in [5, 5.41) is 18.2. The summed E-state index contributed by atoms with van der Waals surface area (Å²) in [6, 6.07) is 7.36.